The minimum Gasteiger partial charge on any atom is -0.497 e. The van der Waals surface area contributed by atoms with Crippen LogP contribution in [0.15, 0.2) is 36.4 Å². The number of hydrogen-bond acceptors (Lipinski definition) is 3. The SMILES string of the molecule is COc1ccc2c(c1)c(C(=O)C(=O)NC1CC1)c(Cl)n2Cc1ccc(Cl)cc1Cl. The quantitative estimate of drug-likeness (QED) is 0.418. The molecule has 0 saturated heterocycles. The molecular formula is C21H17Cl3N2O3. The number of ketones is 1. The van der Waals surface area contributed by atoms with E-state index in [-0.39, 0.29) is 16.8 Å². The van der Waals surface area contributed by atoms with Crippen LogP contribution in [0.1, 0.15) is 28.8 Å². The van der Waals surface area contributed by atoms with Gasteiger partial charge in [0, 0.05) is 21.5 Å². The molecule has 2 aromatic carbocycles. The van der Waals surface area contributed by atoms with Gasteiger partial charge in [-0.15, -0.1) is 0 Å². The molecule has 5 nitrogen and oxygen atoms in total. The average Bonchev–Trinajstić information content (AvgIpc) is 3.47. The summed E-state index contributed by atoms with van der Waals surface area (Å²) in [6.07, 6.45) is 1.77. The third-order valence-electron chi connectivity index (χ3n) is 4.90. The van der Waals surface area contributed by atoms with E-state index in [1.807, 2.05) is 0 Å². The Bertz CT molecular complexity index is 1140. The van der Waals surface area contributed by atoms with Crippen molar-refractivity contribution in [3.05, 3.63) is 62.7 Å². The van der Waals surface area contributed by atoms with Gasteiger partial charge in [-0.25, -0.2) is 0 Å². The van der Waals surface area contributed by atoms with E-state index < -0.39 is 11.7 Å². The van der Waals surface area contributed by atoms with Gasteiger partial charge in [0.15, 0.2) is 0 Å². The van der Waals surface area contributed by atoms with E-state index in [2.05, 4.69) is 5.32 Å². The molecule has 4 rings (SSSR count). The molecule has 1 aromatic heterocycles. The number of amides is 1. The summed E-state index contributed by atoms with van der Waals surface area (Å²) in [6.45, 7) is 0.315. The van der Waals surface area contributed by atoms with E-state index in [4.69, 9.17) is 39.5 Å². The van der Waals surface area contributed by atoms with Crippen molar-refractivity contribution in [1.82, 2.24) is 9.88 Å². The number of benzene rings is 2. The molecule has 150 valence electrons. The van der Waals surface area contributed by atoms with E-state index >= 15 is 0 Å². The summed E-state index contributed by atoms with van der Waals surface area (Å²) in [4.78, 5) is 25.3. The van der Waals surface area contributed by atoms with E-state index in [0.29, 0.717) is 33.2 Å². The number of Topliss-reactive ketones (excluding diaryl/α,β-unsaturated/α-hetero) is 1. The van der Waals surface area contributed by atoms with Crippen molar-refractivity contribution in [3.8, 4) is 5.75 Å². The second kappa shape index (κ2) is 7.90. The maximum Gasteiger partial charge on any atom is 0.292 e. The summed E-state index contributed by atoms with van der Waals surface area (Å²) in [6, 6.07) is 10.5. The summed E-state index contributed by atoms with van der Waals surface area (Å²) >= 11 is 18.9. The van der Waals surface area contributed by atoms with Crippen molar-refractivity contribution in [3.63, 3.8) is 0 Å². The van der Waals surface area contributed by atoms with Crippen molar-refractivity contribution in [2.24, 2.45) is 0 Å². The summed E-state index contributed by atoms with van der Waals surface area (Å²) in [5.41, 5.74) is 1.64. The number of aromatic nitrogens is 1. The normalized spacial score (nSPS) is 13.5. The number of nitrogens with one attached hydrogen (secondary N) is 1. The Labute approximate surface area is 182 Å². The number of carbonyl (C=O) groups excluding carboxylic acids is 2. The zero-order valence-electron chi connectivity index (χ0n) is 15.5. The maximum atomic E-state index is 12.9. The first kappa shape index (κ1) is 20.1. The second-order valence-corrected chi connectivity index (χ2v) is 8.15. The fourth-order valence-corrected chi connectivity index (χ4v) is 4.02. The highest BCUT2D eigenvalue weighted by Gasteiger charge is 2.31. The molecule has 1 saturated carbocycles. The van der Waals surface area contributed by atoms with Crippen LogP contribution in [0.3, 0.4) is 0 Å². The molecule has 1 aliphatic carbocycles. The summed E-state index contributed by atoms with van der Waals surface area (Å²) in [5, 5.41) is 4.47. The first-order valence-corrected chi connectivity index (χ1v) is 10.2. The van der Waals surface area contributed by atoms with E-state index in [1.54, 1.807) is 41.0 Å². The van der Waals surface area contributed by atoms with Crippen LogP contribution in [-0.2, 0) is 11.3 Å². The van der Waals surface area contributed by atoms with Gasteiger partial charge in [-0.2, -0.15) is 0 Å². The van der Waals surface area contributed by atoms with Gasteiger partial charge < -0.3 is 14.6 Å². The molecule has 8 heteroatoms. The molecule has 0 aliphatic heterocycles. The molecule has 3 aromatic rings. The molecule has 1 fully saturated rings. The summed E-state index contributed by atoms with van der Waals surface area (Å²) in [5.74, 6) is -0.755. The topological polar surface area (TPSA) is 60.3 Å². The minimum absolute atomic E-state index is 0.0704. The lowest BCUT2D eigenvalue weighted by Crippen LogP contribution is -2.32. The van der Waals surface area contributed by atoms with Crippen LogP contribution in [0.4, 0.5) is 0 Å². The van der Waals surface area contributed by atoms with Gasteiger partial charge in [0.05, 0.1) is 24.7 Å². The fraction of sp³-hybridized carbons (Fsp3) is 0.238. The Hall–Kier alpha value is -2.21. The van der Waals surface area contributed by atoms with Crippen molar-refractivity contribution >= 4 is 57.4 Å². The Balaban J connectivity index is 1.82. The van der Waals surface area contributed by atoms with Crippen LogP contribution >= 0.6 is 34.8 Å². The van der Waals surface area contributed by atoms with Crippen LogP contribution in [0.2, 0.25) is 15.2 Å². The zero-order chi connectivity index (χ0) is 20.7. The molecule has 1 heterocycles. The lowest BCUT2D eigenvalue weighted by Gasteiger charge is -2.10. The fourth-order valence-electron chi connectivity index (χ4n) is 3.21. The van der Waals surface area contributed by atoms with Crippen LogP contribution < -0.4 is 10.1 Å². The highest BCUT2D eigenvalue weighted by molar-refractivity contribution is 6.49. The van der Waals surface area contributed by atoms with Crippen LogP contribution in [0.5, 0.6) is 5.75 Å². The first-order chi connectivity index (χ1) is 13.9. The highest BCUT2D eigenvalue weighted by Crippen LogP contribution is 2.35. The molecule has 29 heavy (non-hydrogen) atoms. The van der Waals surface area contributed by atoms with Crippen molar-refractivity contribution < 1.29 is 14.3 Å². The summed E-state index contributed by atoms with van der Waals surface area (Å²) < 4.78 is 7.04. The number of rotatable bonds is 6. The van der Waals surface area contributed by atoms with Crippen molar-refractivity contribution in [1.29, 1.82) is 0 Å². The number of hydrogen-bond donors (Lipinski definition) is 1. The van der Waals surface area contributed by atoms with Crippen LogP contribution in [-0.4, -0.2) is 29.4 Å². The standard InChI is InChI=1S/C21H17Cl3N2O3/c1-29-14-6-7-17-15(9-14)18(19(27)21(28)25-13-4-5-13)20(24)26(17)10-11-2-3-12(22)8-16(11)23/h2-3,6-9,13H,4-5,10H2,1H3,(H,25,28). The van der Waals surface area contributed by atoms with Gasteiger partial charge in [0.1, 0.15) is 10.9 Å². The van der Waals surface area contributed by atoms with Crippen LogP contribution in [0.25, 0.3) is 10.9 Å². The Morgan fingerprint density at radius 3 is 2.55 bits per heavy atom. The number of halogens is 3. The Morgan fingerprint density at radius 1 is 1.14 bits per heavy atom. The van der Waals surface area contributed by atoms with E-state index in [0.717, 1.165) is 18.4 Å². The number of ether oxygens (including phenoxy) is 1. The van der Waals surface area contributed by atoms with Gasteiger partial charge in [-0.3, -0.25) is 9.59 Å². The van der Waals surface area contributed by atoms with Gasteiger partial charge >= 0.3 is 0 Å². The zero-order valence-corrected chi connectivity index (χ0v) is 17.7. The monoisotopic (exact) mass is 450 g/mol. The Kier molecular flexibility index (Phi) is 5.47. The Morgan fingerprint density at radius 2 is 1.90 bits per heavy atom. The van der Waals surface area contributed by atoms with Gasteiger partial charge in [-0.05, 0) is 48.7 Å². The molecule has 1 aliphatic rings. The predicted octanol–water partition coefficient (Wildman–Crippen LogP) is 5.12. The van der Waals surface area contributed by atoms with Gasteiger partial charge in [0.2, 0.25) is 0 Å². The molecule has 0 atom stereocenters. The van der Waals surface area contributed by atoms with Crippen LogP contribution in [0, 0.1) is 0 Å². The maximum absolute atomic E-state index is 12.9. The molecular weight excluding hydrogens is 435 g/mol. The lowest BCUT2D eigenvalue weighted by atomic mass is 10.1. The number of fused-ring (bicyclic) bond motifs is 1. The number of carbonyl (C=O) groups is 2. The van der Waals surface area contributed by atoms with E-state index in [9.17, 15) is 9.59 Å². The molecule has 0 bridgehead atoms. The predicted molar refractivity (Wildman–Crippen MR) is 115 cm³/mol. The first-order valence-electron chi connectivity index (χ1n) is 9.04. The molecule has 0 radical (unpaired) electrons. The minimum atomic E-state index is -0.666. The molecule has 1 amide bonds. The lowest BCUT2D eigenvalue weighted by molar-refractivity contribution is -0.117. The molecule has 1 N–H and O–H groups in total. The van der Waals surface area contributed by atoms with Crippen molar-refractivity contribution in [2.45, 2.75) is 25.4 Å². The summed E-state index contributed by atoms with van der Waals surface area (Å²) in [7, 11) is 1.54. The molecule has 0 unspecified atom stereocenters. The number of nitrogens with zero attached hydrogens (tertiary/aromatic N) is 1. The number of methoxy groups -OCH3 is 1. The second-order valence-electron chi connectivity index (χ2n) is 6.95. The highest BCUT2D eigenvalue weighted by atomic mass is 35.5. The molecule has 0 spiro atoms. The van der Waals surface area contributed by atoms with Gasteiger partial charge in [0.25, 0.3) is 11.7 Å². The third kappa shape index (κ3) is 3.95. The smallest absolute Gasteiger partial charge is 0.292 e. The third-order valence-corrected chi connectivity index (χ3v) is 5.88. The van der Waals surface area contributed by atoms with Gasteiger partial charge in [-0.1, -0.05) is 40.9 Å². The largest absolute Gasteiger partial charge is 0.497 e. The average molecular weight is 452 g/mol. The van der Waals surface area contributed by atoms with E-state index in [1.165, 1.54) is 7.11 Å². The van der Waals surface area contributed by atoms with Crippen molar-refractivity contribution in [2.75, 3.05) is 7.11 Å².